The molecule has 0 saturated carbocycles. The Morgan fingerprint density at radius 3 is 2.62 bits per heavy atom. The summed E-state index contributed by atoms with van der Waals surface area (Å²) in [5.41, 5.74) is -0.255. The highest BCUT2D eigenvalue weighted by Crippen LogP contribution is 2.39. The van der Waals surface area contributed by atoms with Crippen LogP contribution in [0.2, 0.25) is 0 Å². The summed E-state index contributed by atoms with van der Waals surface area (Å²) in [6.07, 6.45) is 1.58. The van der Waals surface area contributed by atoms with Crippen LogP contribution in [0.3, 0.4) is 0 Å². The van der Waals surface area contributed by atoms with E-state index in [1.807, 2.05) is 13.8 Å². The van der Waals surface area contributed by atoms with Gasteiger partial charge in [-0.3, -0.25) is 10.1 Å². The Labute approximate surface area is 178 Å². The maximum absolute atomic E-state index is 12.9. The molecule has 0 spiro atoms. The van der Waals surface area contributed by atoms with Gasteiger partial charge in [-0.15, -0.1) is 10.2 Å². The van der Waals surface area contributed by atoms with Crippen molar-refractivity contribution in [2.45, 2.75) is 53.8 Å². The summed E-state index contributed by atoms with van der Waals surface area (Å²) in [5, 5.41) is 23.4. The molecule has 2 heterocycles. The first kappa shape index (κ1) is 21.9. The van der Waals surface area contributed by atoms with E-state index in [9.17, 15) is 18.5 Å². The van der Waals surface area contributed by atoms with Gasteiger partial charge in [-0.2, -0.15) is 4.31 Å². The minimum absolute atomic E-state index is 0.0532. The summed E-state index contributed by atoms with van der Waals surface area (Å²) in [7, 11) is -3.76. The van der Waals surface area contributed by atoms with E-state index < -0.39 is 14.9 Å². The molecule has 2 aromatic rings. The SMILES string of the molecule is CC1CCN(S(=O)(=O)c2ccc(Sc3nnc(NC(C)C)s3)c([N+](=O)[O-])c2)CC1. The van der Waals surface area contributed by atoms with Crippen LogP contribution in [0, 0.1) is 16.0 Å². The van der Waals surface area contributed by atoms with E-state index in [0.717, 1.165) is 30.7 Å². The molecule has 0 aliphatic carbocycles. The van der Waals surface area contributed by atoms with E-state index >= 15 is 0 Å². The van der Waals surface area contributed by atoms with Gasteiger partial charge in [0.05, 0.1) is 14.7 Å². The van der Waals surface area contributed by atoms with Gasteiger partial charge in [0.1, 0.15) is 0 Å². The van der Waals surface area contributed by atoms with Crippen molar-refractivity contribution in [1.29, 1.82) is 0 Å². The largest absolute Gasteiger partial charge is 0.358 e. The highest BCUT2D eigenvalue weighted by molar-refractivity contribution is 8.01. The molecule has 1 saturated heterocycles. The highest BCUT2D eigenvalue weighted by Gasteiger charge is 2.30. The Hall–Kier alpha value is -1.76. The lowest BCUT2D eigenvalue weighted by Gasteiger charge is -2.29. The molecular formula is C17H23N5O4S3. The predicted molar refractivity (Wildman–Crippen MR) is 113 cm³/mol. The van der Waals surface area contributed by atoms with Crippen molar-refractivity contribution in [3.63, 3.8) is 0 Å². The average molecular weight is 458 g/mol. The maximum Gasteiger partial charge on any atom is 0.284 e. The second-order valence-corrected chi connectivity index (χ2v) is 11.5. The minimum Gasteiger partial charge on any atom is -0.358 e. The standard InChI is InChI=1S/C17H23N5O4S3/c1-11(2)18-16-19-20-17(28-16)27-15-5-4-13(10-14(15)22(23)24)29(25,26)21-8-6-12(3)7-9-21/h4-5,10-12H,6-9H2,1-3H3,(H,18,19). The predicted octanol–water partition coefficient (Wildman–Crippen LogP) is 3.84. The number of piperidine rings is 1. The van der Waals surface area contributed by atoms with E-state index in [2.05, 4.69) is 22.4 Å². The first-order valence-electron chi connectivity index (χ1n) is 9.23. The van der Waals surface area contributed by atoms with Crippen molar-refractivity contribution in [3.05, 3.63) is 28.3 Å². The van der Waals surface area contributed by atoms with Crippen LogP contribution in [0.4, 0.5) is 10.8 Å². The zero-order valence-corrected chi connectivity index (χ0v) is 18.8. The van der Waals surface area contributed by atoms with E-state index in [1.165, 1.54) is 27.8 Å². The number of benzene rings is 1. The zero-order chi connectivity index (χ0) is 21.2. The van der Waals surface area contributed by atoms with Gasteiger partial charge in [0, 0.05) is 25.2 Å². The molecule has 1 aromatic heterocycles. The first-order valence-corrected chi connectivity index (χ1v) is 12.3. The van der Waals surface area contributed by atoms with Gasteiger partial charge in [-0.25, -0.2) is 8.42 Å². The Morgan fingerprint density at radius 2 is 2.00 bits per heavy atom. The smallest absolute Gasteiger partial charge is 0.284 e. The topological polar surface area (TPSA) is 118 Å². The third-order valence-electron chi connectivity index (χ3n) is 4.52. The quantitative estimate of drug-likeness (QED) is 0.492. The molecule has 29 heavy (non-hydrogen) atoms. The Balaban J connectivity index is 1.85. The molecule has 1 N–H and O–H groups in total. The van der Waals surface area contributed by atoms with Crippen molar-refractivity contribution >= 4 is 43.9 Å². The number of nitrogens with zero attached hydrogens (tertiary/aromatic N) is 4. The van der Waals surface area contributed by atoms with Crippen molar-refractivity contribution in [2.75, 3.05) is 18.4 Å². The fraction of sp³-hybridized carbons (Fsp3) is 0.529. The molecule has 0 atom stereocenters. The van der Waals surface area contributed by atoms with Crippen LogP contribution in [0.15, 0.2) is 32.3 Å². The summed E-state index contributed by atoms with van der Waals surface area (Å²) >= 11 is 2.39. The van der Waals surface area contributed by atoms with Gasteiger partial charge in [0.25, 0.3) is 5.69 Å². The Bertz CT molecular complexity index is 985. The number of nitrogens with one attached hydrogen (secondary N) is 1. The number of aromatic nitrogens is 2. The molecular weight excluding hydrogens is 434 g/mol. The summed E-state index contributed by atoms with van der Waals surface area (Å²) in [6, 6.07) is 4.23. The fourth-order valence-electron chi connectivity index (χ4n) is 2.91. The lowest BCUT2D eigenvalue weighted by atomic mass is 10.0. The summed E-state index contributed by atoms with van der Waals surface area (Å²) in [5.74, 6) is 0.483. The summed E-state index contributed by atoms with van der Waals surface area (Å²) in [4.78, 5) is 11.3. The van der Waals surface area contributed by atoms with Crippen LogP contribution in [0.25, 0.3) is 0 Å². The van der Waals surface area contributed by atoms with Crippen LogP contribution >= 0.6 is 23.1 Å². The van der Waals surface area contributed by atoms with Crippen LogP contribution in [-0.2, 0) is 10.0 Å². The molecule has 0 bridgehead atoms. The van der Waals surface area contributed by atoms with E-state index in [4.69, 9.17) is 0 Å². The van der Waals surface area contributed by atoms with Gasteiger partial charge in [-0.05, 0) is 56.5 Å². The van der Waals surface area contributed by atoms with Crippen LogP contribution in [-0.4, -0.2) is 47.0 Å². The molecule has 12 heteroatoms. The number of rotatable bonds is 7. The van der Waals surface area contributed by atoms with Crippen molar-refractivity contribution in [3.8, 4) is 0 Å². The summed E-state index contributed by atoms with van der Waals surface area (Å²) < 4.78 is 27.8. The van der Waals surface area contributed by atoms with Crippen molar-refractivity contribution < 1.29 is 13.3 Å². The average Bonchev–Trinajstić information content (AvgIpc) is 3.08. The number of nitro groups is 1. The van der Waals surface area contributed by atoms with Gasteiger partial charge < -0.3 is 5.32 Å². The lowest BCUT2D eigenvalue weighted by molar-refractivity contribution is -0.388. The first-order chi connectivity index (χ1) is 13.7. The number of anilines is 1. The molecule has 1 aromatic carbocycles. The van der Waals surface area contributed by atoms with Crippen molar-refractivity contribution in [1.82, 2.24) is 14.5 Å². The third-order valence-corrected chi connectivity index (χ3v) is 8.39. The van der Waals surface area contributed by atoms with E-state index in [-0.39, 0.29) is 16.6 Å². The van der Waals surface area contributed by atoms with Crippen LogP contribution in [0.5, 0.6) is 0 Å². The normalized spacial score (nSPS) is 16.3. The van der Waals surface area contributed by atoms with Crippen molar-refractivity contribution in [2.24, 2.45) is 5.92 Å². The molecule has 0 radical (unpaired) electrons. The lowest BCUT2D eigenvalue weighted by Crippen LogP contribution is -2.37. The van der Waals surface area contributed by atoms with Crippen LogP contribution < -0.4 is 5.32 Å². The molecule has 0 amide bonds. The van der Waals surface area contributed by atoms with Gasteiger partial charge in [0.2, 0.25) is 15.2 Å². The minimum atomic E-state index is -3.76. The van der Waals surface area contributed by atoms with Gasteiger partial charge >= 0.3 is 0 Å². The molecule has 3 rings (SSSR count). The highest BCUT2D eigenvalue weighted by atomic mass is 32.2. The molecule has 1 aliphatic rings. The third kappa shape index (κ3) is 5.24. The van der Waals surface area contributed by atoms with E-state index in [1.54, 1.807) is 0 Å². The monoisotopic (exact) mass is 457 g/mol. The molecule has 0 unspecified atom stereocenters. The Kier molecular flexibility index (Phi) is 6.76. The number of nitro benzene ring substituents is 1. The van der Waals surface area contributed by atoms with Crippen LogP contribution in [0.1, 0.15) is 33.6 Å². The number of sulfonamides is 1. The maximum atomic E-state index is 12.9. The van der Waals surface area contributed by atoms with Gasteiger partial charge in [0.15, 0.2) is 4.34 Å². The number of hydrogen-bond donors (Lipinski definition) is 1. The Morgan fingerprint density at radius 1 is 1.31 bits per heavy atom. The number of hydrogen-bond acceptors (Lipinski definition) is 9. The van der Waals surface area contributed by atoms with E-state index in [0.29, 0.717) is 33.4 Å². The summed E-state index contributed by atoms with van der Waals surface area (Å²) in [6.45, 7) is 6.91. The molecule has 9 nitrogen and oxygen atoms in total. The molecule has 158 valence electrons. The van der Waals surface area contributed by atoms with Gasteiger partial charge in [-0.1, -0.05) is 18.3 Å². The zero-order valence-electron chi connectivity index (χ0n) is 16.4. The molecule has 1 aliphatic heterocycles. The second-order valence-electron chi connectivity index (χ2n) is 7.25. The second kappa shape index (κ2) is 8.94. The molecule has 1 fully saturated rings. The fourth-order valence-corrected chi connectivity index (χ4v) is 6.34.